The fraction of sp³-hybridized carbons (Fsp3) is 0.476. The third-order valence-corrected chi connectivity index (χ3v) is 6.71. The van der Waals surface area contributed by atoms with Crippen molar-refractivity contribution < 1.29 is 19.5 Å². The second kappa shape index (κ2) is 5.96. The number of aliphatic carboxylic acids is 1. The summed E-state index contributed by atoms with van der Waals surface area (Å²) in [6.45, 7) is 4.21. The first-order valence-corrected chi connectivity index (χ1v) is 9.36. The molecule has 5 heteroatoms. The minimum absolute atomic E-state index is 0.251. The van der Waals surface area contributed by atoms with Crippen LogP contribution in [0.2, 0.25) is 0 Å². The Morgan fingerprint density at radius 1 is 1.42 bits per heavy atom. The van der Waals surface area contributed by atoms with Crippen molar-refractivity contribution in [2.75, 3.05) is 33.3 Å². The SMILES string of the molecule is C/C=C1/C[N@+]2(C)CCc3c([nH]c4ccccc34)C(CO)(C(=O)[O-])[C@H]1CC2. The van der Waals surface area contributed by atoms with Crippen LogP contribution >= 0.6 is 0 Å². The van der Waals surface area contributed by atoms with Gasteiger partial charge < -0.3 is 24.5 Å². The van der Waals surface area contributed by atoms with Crippen molar-refractivity contribution in [1.82, 2.24) is 4.98 Å². The number of benzene rings is 1. The van der Waals surface area contributed by atoms with E-state index in [1.165, 1.54) is 0 Å². The van der Waals surface area contributed by atoms with Crippen LogP contribution in [0.15, 0.2) is 35.9 Å². The van der Waals surface area contributed by atoms with E-state index >= 15 is 0 Å². The molecule has 0 saturated carbocycles. The van der Waals surface area contributed by atoms with Gasteiger partial charge in [0.25, 0.3) is 0 Å². The summed E-state index contributed by atoms with van der Waals surface area (Å²) in [6.07, 6.45) is 3.56. The van der Waals surface area contributed by atoms with Crippen LogP contribution in [0.3, 0.4) is 0 Å². The summed E-state index contributed by atoms with van der Waals surface area (Å²) in [5.41, 5.74) is 2.27. The van der Waals surface area contributed by atoms with Crippen molar-refractivity contribution in [3.05, 3.63) is 47.2 Å². The molecule has 26 heavy (non-hydrogen) atoms. The number of piperidine rings is 1. The van der Waals surface area contributed by atoms with Crippen LogP contribution in [0, 0.1) is 5.92 Å². The lowest BCUT2D eigenvalue weighted by Crippen LogP contribution is -2.59. The number of rotatable bonds is 2. The van der Waals surface area contributed by atoms with Gasteiger partial charge >= 0.3 is 0 Å². The molecule has 0 spiro atoms. The van der Waals surface area contributed by atoms with Crippen LogP contribution < -0.4 is 5.11 Å². The number of allylic oxidation sites excluding steroid dienone is 1. The van der Waals surface area contributed by atoms with Crippen LogP contribution in [0.25, 0.3) is 10.9 Å². The molecule has 1 saturated heterocycles. The van der Waals surface area contributed by atoms with Crippen LogP contribution in [0.5, 0.6) is 0 Å². The Kier molecular flexibility index (Phi) is 3.97. The number of carboxylic acid groups (broad SMARTS) is 1. The second-order valence-corrected chi connectivity index (χ2v) is 8.12. The molecule has 3 aliphatic rings. The lowest BCUT2D eigenvalue weighted by atomic mass is 9.66. The van der Waals surface area contributed by atoms with E-state index in [1.807, 2.05) is 37.3 Å². The first-order valence-electron chi connectivity index (χ1n) is 9.36. The maximum Gasteiger partial charge on any atom is 0.100 e. The van der Waals surface area contributed by atoms with Gasteiger partial charge in [0, 0.05) is 35.4 Å². The summed E-state index contributed by atoms with van der Waals surface area (Å²) in [6, 6.07) is 7.93. The van der Waals surface area contributed by atoms with Crippen molar-refractivity contribution >= 4 is 16.9 Å². The number of carboxylic acids is 1. The van der Waals surface area contributed by atoms with E-state index in [-0.39, 0.29) is 5.92 Å². The van der Waals surface area contributed by atoms with Crippen molar-refractivity contribution in [1.29, 1.82) is 0 Å². The molecule has 0 radical (unpaired) electrons. The third-order valence-electron chi connectivity index (χ3n) is 6.71. The highest BCUT2D eigenvalue weighted by atomic mass is 16.4. The van der Waals surface area contributed by atoms with E-state index in [0.717, 1.165) is 59.0 Å². The van der Waals surface area contributed by atoms with Crippen LogP contribution in [-0.2, 0) is 16.6 Å². The number of aliphatic hydroxyl groups is 1. The highest BCUT2D eigenvalue weighted by molar-refractivity contribution is 5.90. The number of carbonyl (C=O) groups excluding carboxylic acids is 1. The molecule has 4 heterocycles. The number of quaternary nitrogens is 1. The molecule has 5 rings (SSSR count). The molecular weight excluding hydrogens is 328 g/mol. The normalized spacial score (nSPS) is 32.9. The van der Waals surface area contributed by atoms with Gasteiger partial charge in [-0.15, -0.1) is 0 Å². The molecule has 2 N–H and O–H groups in total. The number of fused-ring (bicyclic) bond motifs is 4. The zero-order valence-electron chi connectivity index (χ0n) is 15.4. The number of H-pyrrole nitrogens is 1. The van der Waals surface area contributed by atoms with E-state index in [4.69, 9.17) is 0 Å². The predicted molar refractivity (Wildman–Crippen MR) is 98.4 cm³/mol. The minimum atomic E-state index is -1.42. The number of hydrogen-bond donors (Lipinski definition) is 2. The highest BCUT2D eigenvalue weighted by Crippen LogP contribution is 2.46. The Morgan fingerprint density at radius 2 is 2.19 bits per heavy atom. The minimum Gasteiger partial charge on any atom is -0.549 e. The summed E-state index contributed by atoms with van der Waals surface area (Å²) in [5, 5.41) is 24.0. The predicted octanol–water partition coefficient (Wildman–Crippen LogP) is 1.12. The van der Waals surface area contributed by atoms with Gasteiger partial charge in [-0.3, -0.25) is 0 Å². The van der Waals surface area contributed by atoms with Gasteiger partial charge in [-0.05, 0) is 24.1 Å². The van der Waals surface area contributed by atoms with Gasteiger partial charge in [0.15, 0.2) is 0 Å². The molecule has 2 bridgehead atoms. The Bertz CT molecular complexity index is 900. The average molecular weight is 354 g/mol. The molecule has 5 nitrogen and oxygen atoms in total. The lowest BCUT2D eigenvalue weighted by molar-refractivity contribution is -0.909. The fourth-order valence-corrected chi connectivity index (χ4v) is 5.20. The largest absolute Gasteiger partial charge is 0.549 e. The molecule has 0 aliphatic carbocycles. The number of hydrogen-bond acceptors (Lipinski definition) is 3. The maximum atomic E-state index is 12.5. The molecule has 1 fully saturated rings. The molecule has 0 amide bonds. The maximum absolute atomic E-state index is 12.5. The monoisotopic (exact) mass is 354 g/mol. The van der Waals surface area contributed by atoms with Crippen LogP contribution in [0.1, 0.15) is 24.6 Å². The van der Waals surface area contributed by atoms with Gasteiger partial charge in [-0.2, -0.15) is 0 Å². The van der Waals surface area contributed by atoms with Crippen LogP contribution in [-0.4, -0.2) is 53.8 Å². The number of aromatic amines is 1. The van der Waals surface area contributed by atoms with Gasteiger partial charge in [0.2, 0.25) is 0 Å². The standard InChI is InChI=1S/C21H26N2O3/c1-3-14-12-23(2)10-8-16-15-6-4-5-7-18(15)22-19(16)21(13-24,20(25)26)17(14)9-11-23/h3-7,17,22,24H,8-13H2,1-2H3/b14-3-/t17-,21?,23+/m0/s1. The first kappa shape index (κ1) is 17.3. The molecule has 1 aromatic heterocycles. The Balaban J connectivity index is 2.06. The smallest absolute Gasteiger partial charge is 0.100 e. The summed E-state index contributed by atoms with van der Waals surface area (Å²) in [4.78, 5) is 15.9. The number of likely N-dealkylation sites (N-methyl/N-ethyl adjacent to an activating group) is 1. The lowest BCUT2D eigenvalue weighted by Gasteiger charge is -2.47. The van der Waals surface area contributed by atoms with E-state index in [2.05, 4.69) is 12.0 Å². The summed E-state index contributed by atoms with van der Waals surface area (Å²) in [5.74, 6) is -1.44. The number of para-hydroxylation sites is 1. The topological polar surface area (TPSA) is 76.1 Å². The number of nitrogens with zero attached hydrogens (tertiary/aromatic N) is 1. The zero-order valence-corrected chi connectivity index (χ0v) is 15.4. The quantitative estimate of drug-likeness (QED) is 0.627. The molecule has 138 valence electrons. The summed E-state index contributed by atoms with van der Waals surface area (Å²) < 4.78 is 0.906. The van der Waals surface area contributed by atoms with Gasteiger partial charge in [-0.1, -0.05) is 24.3 Å². The first-order chi connectivity index (χ1) is 12.4. The van der Waals surface area contributed by atoms with Crippen molar-refractivity contribution in [2.45, 2.75) is 25.2 Å². The van der Waals surface area contributed by atoms with Gasteiger partial charge in [0.05, 0.1) is 38.1 Å². The fourth-order valence-electron chi connectivity index (χ4n) is 5.20. The summed E-state index contributed by atoms with van der Waals surface area (Å²) >= 11 is 0. The van der Waals surface area contributed by atoms with E-state index < -0.39 is 18.0 Å². The Hall–Kier alpha value is -2.11. The molecule has 3 atom stereocenters. The molecular formula is C21H26N2O3. The zero-order chi connectivity index (χ0) is 18.5. The summed E-state index contributed by atoms with van der Waals surface area (Å²) in [7, 11) is 2.25. The number of aliphatic hydroxyl groups excluding tert-OH is 1. The molecule has 1 unspecified atom stereocenters. The van der Waals surface area contributed by atoms with Gasteiger partial charge in [-0.25, -0.2) is 0 Å². The number of carbonyl (C=O) groups is 1. The van der Waals surface area contributed by atoms with Gasteiger partial charge in [0.1, 0.15) is 6.54 Å². The highest BCUT2D eigenvalue weighted by Gasteiger charge is 2.51. The van der Waals surface area contributed by atoms with Crippen LogP contribution in [0.4, 0.5) is 0 Å². The van der Waals surface area contributed by atoms with Crippen molar-refractivity contribution in [2.24, 2.45) is 5.92 Å². The average Bonchev–Trinajstić information content (AvgIpc) is 3.03. The molecule has 3 aliphatic heterocycles. The number of aromatic nitrogens is 1. The second-order valence-electron chi connectivity index (χ2n) is 8.12. The Morgan fingerprint density at radius 3 is 2.88 bits per heavy atom. The van der Waals surface area contributed by atoms with E-state index in [1.54, 1.807) is 0 Å². The third kappa shape index (κ3) is 2.27. The van der Waals surface area contributed by atoms with E-state index in [0.29, 0.717) is 5.69 Å². The molecule has 2 aromatic rings. The number of nitrogens with one attached hydrogen (secondary N) is 1. The molecule has 1 aromatic carbocycles. The van der Waals surface area contributed by atoms with Crippen molar-refractivity contribution in [3.8, 4) is 0 Å². The van der Waals surface area contributed by atoms with Crippen molar-refractivity contribution in [3.63, 3.8) is 0 Å². The Labute approximate surface area is 153 Å². The van der Waals surface area contributed by atoms with E-state index in [9.17, 15) is 15.0 Å².